The number of allylic oxidation sites excluding steroid dienone is 1. The highest BCUT2D eigenvalue weighted by atomic mass is 16.6. The molecule has 3 aromatic carbocycles. The van der Waals surface area contributed by atoms with Crippen LogP contribution in [0.25, 0.3) is 43.6 Å². The molecule has 3 aliphatic heterocycles. The Balaban J connectivity index is 1.77. The molecule has 174 valence electrons. The predicted molar refractivity (Wildman–Crippen MR) is 133 cm³/mol. The number of hydrogen-bond donors (Lipinski definition) is 1. The largest absolute Gasteiger partial charge is 0.493 e. The number of hydrogen-bond acceptors (Lipinski definition) is 4. The first-order valence-electron chi connectivity index (χ1n) is 11.9. The van der Waals surface area contributed by atoms with Gasteiger partial charge >= 0.3 is 0 Å². The SMILES string of the molecule is COC1=C(C)O[C@H]2C[C@@]1(OC)n1c3ccccc3c3c4c(c5c6ccccc6n2c5c31)C(=O)NC4. The number of rotatable bonds is 2. The fourth-order valence-corrected chi connectivity index (χ4v) is 6.96. The Labute approximate surface area is 200 Å². The summed E-state index contributed by atoms with van der Waals surface area (Å²) >= 11 is 0. The summed E-state index contributed by atoms with van der Waals surface area (Å²) in [4.78, 5) is 13.3. The number of nitrogens with one attached hydrogen (secondary N) is 1. The first-order valence-corrected chi connectivity index (χ1v) is 11.9. The van der Waals surface area contributed by atoms with Crippen molar-refractivity contribution in [1.29, 1.82) is 0 Å². The fraction of sp³-hybridized carbons (Fsp3) is 0.250. The second kappa shape index (κ2) is 6.17. The zero-order valence-corrected chi connectivity index (χ0v) is 19.6. The molecule has 3 aliphatic rings. The second-order valence-electron chi connectivity index (χ2n) is 9.58. The van der Waals surface area contributed by atoms with Crippen molar-refractivity contribution in [3.05, 3.63) is 71.2 Å². The van der Waals surface area contributed by atoms with Crippen LogP contribution in [0.15, 0.2) is 60.0 Å². The molecule has 8 rings (SSSR count). The molecule has 0 unspecified atom stereocenters. The van der Waals surface area contributed by atoms with Crippen LogP contribution in [0, 0.1) is 0 Å². The number of nitrogens with zero attached hydrogens (tertiary/aromatic N) is 2. The van der Waals surface area contributed by atoms with Gasteiger partial charge in [0, 0.05) is 35.2 Å². The number of benzene rings is 3. The normalized spacial score (nSPS) is 22.8. The van der Waals surface area contributed by atoms with Crippen molar-refractivity contribution >= 4 is 49.5 Å². The number of amides is 1. The molecule has 5 heterocycles. The van der Waals surface area contributed by atoms with Gasteiger partial charge in [-0.1, -0.05) is 36.4 Å². The molecule has 1 N–H and O–H groups in total. The Hall–Kier alpha value is -3.97. The summed E-state index contributed by atoms with van der Waals surface area (Å²) in [5, 5.41) is 7.32. The third-order valence-electron chi connectivity index (χ3n) is 8.15. The number of ether oxygens (including phenoxy) is 3. The van der Waals surface area contributed by atoms with E-state index in [9.17, 15) is 4.79 Å². The molecule has 0 radical (unpaired) electrons. The third-order valence-corrected chi connectivity index (χ3v) is 8.15. The molecule has 7 nitrogen and oxygen atoms in total. The van der Waals surface area contributed by atoms with E-state index < -0.39 is 5.72 Å². The van der Waals surface area contributed by atoms with E-state index in [0.717, 1.165) is 54.7 Å². The Morgan fingerprint density at radius 3 is 2.46 bits per heavy atom. The maximum Gasteiger partial charge on any atom is 0.252 e. The van der Waals surface area contributed by atoms with E-state index in [1.54, 1.807) is 14.2 Å². The molecular weight excluding hydrogens is 442 g/mol. The topological polar surface area (TPSA) is 66.7 Å². The summed E-state index contributed by atoms with van der Waals surface area (Å²) < 4.78 is 23.5. The van der Waals surface area contributed by atoms with Gasteiger partial charge < -0.3 is 28.7 Å². The summed E-state index contributed by atoms with van der Waals surface area (Å²) in [7, 11) is 3.41. The highest BCUT2D eigenvalue weighted by molar-refractivity contribution is 6.31. The highest BCUT2D eigenvalue weighted by Gasteiger charge is 2.51. The molecule has 0 saturated carbocycles. The van der Waals surface area contributed by atoms with Gasteiger partial charge in [-0.05, 0) is 24.6 Å². The molecule has 2 atom stereocenters. The standard InChI is InChI=1S/C28H23N3O4/c1-14-26(33-2)28(34-3)12-20(35-14)30-18-10-6-4-8-15(18)22-23-17(13-29-27(23)32)21-16-9-5-7-11-19(16)31(28)25(21)24(22)30/h4-11,20H,12-13H2,1-3H3,(H,29,32)/t20-,28-/m0/s1. The molecular formula is C28H23N3O4. The predicted octanol–water partition coefficient (Wildman–Crippen LogP) is 5.26. The minimum absolute atomic E-state index is 0.0249. The second-order valence-corrected chi connectivity index (χ2v) is 9.58. The highest BCUT2D eigenvalue weighted by Crippen LogP contribution is 2.55. The minimum atomic E-state index is -0.902. The molecule has 2 aromatic heterocycles. The number of para-hydroxylation sites is 2. The van der Waals surface area contributed by atoms with Crippen LogP contribution in [0.3, 0.4) is 0 Å². The van der Waals surface area contributed by atoms with Gasteiger partial charge in [0.15, 0.2) is 12.0 Å². The summed E-state index contributed by atoms with van der Waals surface area (Å²) in [6, 6.07) is 16.7. The smallest absolute Gasteiger partial charge is 0.252 e. The van der Waals surface area contributed by atoms with Crippen molar-refractivity contribution in [1.82, 2.24) is 14.5 Å². The van der Waals surface area contributed by atoms with Crippen LogP contribution >= 0.6 is 0 Å². The molecule has 5 aromatic rings. The Bertz CT molecular complexity index is 1820. The van der Waals surface area contributed by atoms with Crippen LogP contribution in [0.2, 0.25) is 0 Å². The molecule has 0 spiro atoms. The van der Waals surface area contributed by atoms with E-state index in [2.05, 4.69) is 50.8 Å². The van der Waals surface area contributed by atoms with Crippen molar-refractivity contribution in [3.8, 4) is 0 Å². The lowest BCUT2D eigenvalue weighted by Gasteiger charge is -2.41. The third kappa shape index (κ3) is 1.98. The first kappa shape index (κ1) is 19.3. The lowest BCUT2D eigenvalue weighted by Crippen LogP contribution is -2.43. The van der Waals surface area contributed by atoms with E-state index in [4.69, 9.17) is 14.2 Å². The fourth-order valence-electron chi connectivity index (χ4n) is 6.96. The molecule has 2 bridgehead atoms. The van der Waals surface area contributed by atoms with Gasteiger partial charge in [-0.25, -0.2) is 0 Å². The zero-order chi connectivity index (χ0) is 23.6. The van der Waals surface area contributed by atoms with E-state index >= 15 is 0 Å². The number of carbonyl (C=O) groups excluding carboxylic acids is 1. The number of carbonyl (C=O) groups is 1. The van der Waals surface area contributed by atoms with Crippen LogP contribution in [0.5, 0.6) is 0 Å². The summed E-state index contributed by atoms with van der Waals surface area (Å²) in [5.41, 5.74) is 5.04. The lowest BCUT2D eigenvalue weighted by atomic mass is 9.97. The van der Waals surface area contributed by atoms with Crippen molar-refractivity contribution in [2.75, 3.05) is 14.2 Å². The zero-order valence-electron chi connectivity index (χ0n) is 19.6. The van der Waals surface area contributed by atoms with Gasteiger partial charge in [-0.3, -0.25) is 4.79 Å². The summed E-state index contributed by atoms with van der Waals surface area (Å²) in [5.74, 6) is 1.33. The quantitative estimate of drug-likeness (QED) is 0.386. The first-order chi connectivity index (χ1) is 17.1. The monoisotopic (exact) mass is 465 g/mol. The van der Waals surface area contributed by atoms with Gasteiger partial charge in [0.05, 0.1) is 41.2 Å². The van der Waals surface area contributed by atoms with Gasteiger partial charge in [0.25, 0.3) is 5.91 Å². The minimum Gasteiger partial charge on any atom is -0.493 e. The number of fused-ring (bicyclic) bond motifs is 13. The Kier molecular flexibility index (Phi) is 3.41. The maximum atomic E-state index is 13.3. The molecule has 0 aliphatic carbocycles. The maximum absolute atomic E-state index is 13.3. The lowest BCUT2D eigenvalue weighted by molar-refractivity contribution is -0.145. The summed E-state index contributed by atoms with van der Waals surface area (Å²) in [6.07, 6.45) is 0.192. The van der Waals surface area contributed by atoms with Crippen molar-refractivity contribution in [2.24, 2.45) is 0 Å². The van der Waals surface area contributed by atoms with Crippen molar-refractivity contribution in [3.63, 3.8) is 0 Å². The molecule has 7 heteroatoms. The van der Waals surface area contributed by atoms with Crippen LogP contribution in [0.1, 0.15) is 35.5 Å². The number of aromatic nitrogens is 2. The Morgan fingerprint density at radius 2 is 1.71 bits per heavy atom. The van der Waals surface area contributed by atoms with Crippen LogP contribution in [-0.4, -0.2) is 29.3 Å². The van der Waals surface area contributed by atoms with E-state index in [1.807, 2.05) is 19.1 Å². The molecule has 0 saturated heterocycles. The average Bonchev–Trinajstić information content (AvgIpc) is 3.51. The van der Waals surface area contributed by atoms with E-state index in [-0.39, 0.29) is 12.1 Å². The molecule has 0 fully saturated rings. The van der Waals surface area contributed by atoms with E-state index in [0.29, 0.717) is 24.5 Å². The molecule has 1 amide bonds. The average molecular weight is 466 g/mol. The summed E-state index contributed by atoms with van der Waals surface area (Å²) in [6.45, 7) is 2.44. The van der Waals surface area contributed by atoms with Gasteiger partial charge in [0.1, 0.15) is 5.76 Å². The van der Waals surface area contributed by atoms with Gasteiger partial charge in [-0.2, -0.15) is 0 Å². The molecule has 35 heavy (non-hydrogen) atoms. The van der Waals surface area contributed by atoms with Gasteiger partial charge in [-0.15, -0.1) is 0 Å². The van der Waals surface area contributed by atoms with E-state index in [1.165, 1.54) is 0 Å². The van der Waals surface area contributed by atoms with Gasteiger partial charge in [0.2, 0.25) is 5.72 Å². The van der Waals surface area contributed by atoms with Crippen LogP contribution in [-0.2, 0) is 26.5 Å². The number of methoxy groups -OCH3 is 2. The van der Waals surface area contributed by atoms with Crippen molar-refractivity contribution < 1.29 is 19.0 Å². The van der Waals surface area contributed by atoms with Crippen LogP contribution < -0.4 is 5.32 Å². The Morgan fingerprint density at radius 1 is 1.00 bits per heavy atom. The van der Waals surface area contributed by atoms with Crippen LogP contribution in [0.4, 0.5) is 0 Å². The van der Waals surface area contributed by atoms with Crippen molar-refractivity contribution in [2.45, 2.75) is 31.8 Å².